The minimum atomic E-state index is -0.558. The Balaban J connectivity index is 1.59. The van der Waals surface area contributed by atoms with Gasteiger partial charge in [-0.15, -0.1) is 0 Å². The maximum Gasteiger partial charge on any atom is 0.410 e. The summed E-state index contributed by atoms with van der Waals surface area (Å²) in [7, 11) is 1.86. The van der Waals surface area contributed by atoms with E-state index in [1.807, 2.05) is 56.1 Å². The molecule has 2 heterocycles. The van der Waals surface area contributed by atoms with E-state index >= 15 is 0 Å². The number of carbonyl (C=O) groups is 2. The second kappa shape index (κ2) is 12.6. The predicted octanol–water partition coefficient (Wildman–Crippen LogP) is 4.61. The Morgan fingerprint density at radius 1 is 1.21 bits per heavy atom. The van der Waals surface area contributed by atoms with Crippen LogP contribution in [0.3, 0.4) is 0 Å². The van der Waals surface area contributed by atoms with Gasteiger partial charge in [0.2, 0.25) is 5.91 Å². The number of amides is 2. The van der Waals surface area contributed by atoms with Gasteiger partial charge < -0.3 is 25.6 Å². The number of nitrogens with zero attached hydrogens (tertiary/aromatic N) is 4. The van der Waals surface area contributed by atoms with Crippen LogP contribution >= 0.6 is 11.6 Å². The van der Waals surface area contributed by atoms with Gasteiger partial charge in [0.05, 0.1) is 29.6 Å². The lowest BCUT2D eigenvalue weighted by atomic mass is 9.89. The van der Waals surface area contributed by atoms with Gasteiger partial charge in [0.15, 0.2) is 0 Å². The largest absolute Gasteiger partial charge is 0.447 e. The van der Waals surface area contributed by atoms with Crippen LogP contribution in [-0.2, 0) is 9.53 Å². The summed E-state index contributed by atoms with van der Waals surface area (Å²) < 4.78 is 5.44. The number of nitrogens with two attached hydrogens (primary N) is 1. The van der Waals surface area contributed by atoms with Gasteiger partial charge in [-0.3, -0.25) is 14.7 Å². The maximum atomic E-state index is 13.2. The van der Waals surface area contributed by atoms with Crippen LogP contribution in [0.1, 0.15) is 55.1 Å². The zero-order valence-electron chi connectivity index (χ0n) is 24.4. The van der Waals surface area contributed by atoms with Crippen LogP contribution < -0.4 is 11.1 Å². The van der Waals surface area contributed by atoms with Crippen molar-refractivity contribution in [3.8, 4) is 0 Å². The first-order valence-electron chi connectivity index (χ1n) is 14.4. The molecule has 2 atom stereocenters. The molecule has 1 aromatic heterocycles. The number of nitrogens with one attached hydrogen (secondary N) is 1. The summed E-state index contributed by atoms with van der Waals surface area (Å²) >= 11 is 6.64. The minimum absolute atomic E-state index is 0.00194. The lowest BCUT2D eigenvalue weighted by molar-refractivity contribution is -0.122. The van der Waals surface area contributed by atoms with Crippen LogP contribution in [0.15, 0.2) is 61.2 Å². The smallest absolute Gasteiger partial charge is 0.410 e. The quantitative estimate of drug-likeness (QED) is 0.463. The fraction of sp³-hybridized carbons (Fsp3) is 0.406. The third-order valence-corrected chi connectivity index (χ3v) is 8.26. The molecule has 3 N–H and O–H groups in total. The number of likely N-dealkylation sites (N-methyl/N-ethyl adjacent to an activating group) is 1. The summed E-state index contributed by atoms with van der Waals surface area (Å²) in [5, 5.41) is 3.87. The van der Waals surface area contributed by atoms with Crippen molar-refractivity contribution in [2.75, 3.05) is 33.2 Å². The van der Waals surface area contributed by atoms with Gasteiger partial charge in [-0.2, -0.15) is 0 Å². The molecule has 10 heteroatoms. The molecule has 2 fully saturated rings. The summed E-state index contributed by atoms with van der Waals surface area (Å²) in [6.07, 6.45) is 8.39. The average molecular weight is 591 g/mol. The number of ether oxygens (including phenoxy) is 1. The molecular weight excluding hydrogens is 552 g/mol. The van der Waals surface area contributed by atoms with Crippen molar-refractivity contribution >= 4 is 35.3 Å². The van der Waals surface area contributed by atoms with Crippen LogP contribution in [0, 0.1) is 5.92 Å². The van der Waals surface area contributed by atoms with Gasteiger partial charge in [-0.1, -0.05) is 30.3 Å². The minimum Gasteiger partial charge on any atom is -0.447 e. The number of rotatable bonds is 8. The predicted molar refractivity (Wildman–Crippen MR) is 165 cm³/mol. The Hall–Kier alpha value is -3.82. The average Bonchev–Trinajstić information content (AvgIpc) is 3.84. The monoisotopic (exact) mass is 590 g/mol. The third-order valence-electron chi connectivity index (χ3n) is 8.03. The molecule has 1 aliphatic heterocycles. The maximum absolute atomic E-state index is 13.2. The van der Waals surface area contributed by atoms with Crippen LogP contribution in [0.2, 0.25) is 5.02 Å². The van der Waals surface area contributed by atoms with Gasteiger partial charge in [-0.25, -0.2) is 4.79 Å². The Kier molecular flexibility index (Phi) is 8.89. The molecular formula is C32H39ClN6O3. The summed E-state index contributed by atoms with van der Waals surface area (Å²) in [5.41, 5.74) is 11.5. The number of pyridine rings is 1. The highest BCUT2D eigenvalue weighted by molar-refractivity contribution is 6.30. The number of fused-ring (bicyclic) bond motifs is 2. The number of hydrogen-bond donors (Lipinski definition) is 2. The van der Waals surface area contributed by atoms with Crippen LogP contribution in [0.5, 0.6) is 0 Å². The third kappa shape index (κ3) is 6.17. The zero-order chi connectivity index (χ0) is 30.0. The Morgan fingerprint density at radius 2 is 1.95 bits per heavy atom. The molecule has 2 unspecified atom stereocenters. The zero-order valence-corrected chi connectivity index (χ0v) is 25.2. The summed E-state index contributed by atoms with van der Waals surface area (Å²) in [6, 6.07) is 9.09. The van der Waals surface area contributed by atoms with E-state index in [0.717, 1.165) is 40.8 Å². The van der Waals surface area contributed by atoms with E-state index in [9.17, 15) is 9.59 Å². The molecule has 0 bridgehead atoms. The van der Waals surface area contributed by atoms with E-state index in [2.05, 4.69) is 22.9 Å². The Labute approximate surface area is 252 Å². The Bertz CT molecular complexity index is 1410. The molecule has 42 heavy (non-hydrogen) atoms. The molecule has 1 saturated carbocycles. The normalized spacial score (nSPS) is 19.6. The number of halogens is 1. The molecule has 0 spiro atoms. The van der Waals surface area contributed by atoms with Crippen molar-refractivity contribution in [2.24, 2.45) is 11.7 Å². The van der Waals surface area contributed by atoms with Crippen LogP contribution in [0.4, 0.5) is 4.79 Å². The van der Waals surface area contributed by atoms with Crippen LogP contribution in [0.25, 0.3) is 11.6 Å². The topological polar surface area (TPSA) is 104 Å². The molecule has 5 rings (SSSR count). The SMILES string of the molecule is C=CN(C)/C(=C\N)C(NC(=O)C1CC1)C1=Cc2cccnc2C(N2CCN(C(=O)OC(C)C)CC2)c2ccc(Cl)cc21. The molecule has 1 aromatic carbocycles. The van der Waals surface area contributed by atoms with E-state index < -0.39 is 6.04 Å². The number of hydrogen-bond acceptors (Lipinski definition) is 7. The fourth-order valence-corrected chi connectivity index (χ4v) is 5.85. The highest BCUT2D eigenvalue weighted by atomic mass is 35.5. The second-order valence-corrected chi connectivity index (χ2v) is 11.7. The highest BCUT2D eigenvalue weighted by Gasteiger charge is 2.38. The lowest BCUT2D eigenvalue weighted by Crippen LogP contribution is -2.50. The highest BCUT2D eigenvalue weighted by Crippen LogP contribution is 2.43. The first-order valence-corrected chi connectivity index (χ1v) is 14.8. The van der Waals surface area contributed by atoms with Crippen molar-refractivity contribution < 1.29 is 14.3 Å². The van der Waals surface area contributed by atoms with E-state index in [-0.39, 0.29) is 30.1 Å². The molecule has 2 aliphatic carbocycles. The van der Waals surface area contributed by atoms with Crippen molar-refractivity contribution in [3.05, 3.63) is 88.6 Å². The molecule has 222 valence electrons. The standard InChI is InChI=1S/C32H39ClN6O3/c1-5-37(4)27(19-34)29(36-31(40)21-8-9-21)26-17-22-7-6-12-35-28(22)30(24-11-10-23(33)18-25(24)26)38-13-15-39(16-14-38)32(41)42-20(2)3/h5-7,10-12,17-21,29-30H,1,8-9,13-16,34H2,2-4H3,(H,36,40)/b27-19-. The number of benzene rings is 1. The molecule has 9 nitrogen and oxygen atoms in total. The van der Waals surface area contributed by atoms with E-state index in [1.54, 1.807) is 17.3 Å². The number of carbonyl (C=O) groups excluding carboxylic acids is 2. The summed E-state index contributed by atoms with van der Waals surface area (Å²) in [5.74, 6) is 0.00376. The van der Waals surface area contributed by atoms with E-state index in [0.29, 0.717) is 36.9 Å². The lowest BCUT2D eigenvalue weighted by Gasteiger charge is -2.39. The van der Waals surface area contributed by atoms with Crippen LogP contribution in [-0.4, -0.2) is 77.1 Å². The van der Waals surface area contributed by atoms with Gasteiger partial charge in [0.25, 0.3) is 0 Å². The van der Waals surface area contributed by atoms with Crippen molar-refractivity contribution in [1.29, 1.82) is 0 Å². The van der Waals surface area contributed by atoms with Gasteiger partial charge in [0.1, 0.15) is 0 Å². The summed E-state index contributed by atoms with van der Waals surface area (Å²) in [4.78, 5) is 36.6. The second-order valence-electron chi connectivity index (χ2n) is 11.3. The van der Waals surface area contributed by atoms with Crippen molar-refractivity contribution in [3.63, 3.8) is 0 Å². The number of piperazine rings is 1. The molecule has 0 radical (unpaired) electrons. The molecule has 3 aliphatic rings. The van der Waals surface area contributed by atoms with Gasteiger partial charge in [-0.05, 0) is 79.4 Å². The van der Waals surface area contributed by atoms with Crippen molar-refractivity contribution in [2.45, 2.75) is 44.9 Å². The Morgan fingerprint density at radius 3 is 2.60 bits per heavy atom. The van der Waals surface area contributed by atoms with Crippen molar-refractivity contribution in [1.82, 2.24) is 25.0 Å². The number of aromatic nitrogens is 1. The van der Waals surface area contributed by atoms with Gasteiger partial charge >= 0.3 is 6.09 Å². The molecule has 2 aromatic rings. The fourth-order valence-electron chi connectivity index (χ4n) is 5.68. The summed E-state index contributed by atoms with van der Waals surface area (Å²) in [6.45, 7) is 9.99. The molecule has 1 saturated heterocycles. The van der Waals surface area contributed by atoms with E-state index in [1.165, 1.54) is 6.20 Å². The first-order chi connectivity index (χ1) is 20.2. The van der Waals surface area contributed by atoms with Gasteiger partial charge in [0, 0.05) is 56.6 Å². The first kappa shape index (κ1) is 29.7. The van der Waals surface area contributed by atoms with E-state index in [4.69, 9.17) is 27.1 Å². The molecule has 2 amide bonds.